The summed E-state index contributed by atoms with van der Waals surface area (Å²) in [4.78, 5) is 19.3. The van der Waals surface area contributed by atoms with Crippen LogP contribution in [0.5, 0.6) is 11.5 Å². The van der Waals surface area contributed by atoms with Crippen LogP contribution in [0.4, 0.5) is 0 Å². The van der Waals surface area contributed by atoms with E-state index in [1.54, 1.807) is 12.3 Å². The Bertz CT molecular complexity index is 1130. The van der Waals surface area contributed by atoms with Gasteiger partial charge in [-0.05, 0) is 43.7 Å². The van der Waals surface area contributed by atoms with E-state index in [0.717, 1.165) is 34.7 Å². The normalized spacial score (nSPS) is 17.0. The van der Waals surface area contributed by atoms with E-state index in [9.17, 15) is 4.79 Å². The first-order valence-electron chi connectivity index (χ1n) is 9.50. The number of rotatable bonds is 3. The number of carbonyl (C=O) groups excluding carboxylic acids is 1. The molecule has 0 bridgehead atoms. The number of hydrogen-bond donors (Lipinski definition) is 0. The van der Waals surface area contributed by atoms with Gasteiger partial charge in [0.05, 0.1) is 5.56 Å². The SMILES string of the molecule is Cc1ccc(/C=C2\Oc3c(cc4c(c3C)OCN(Cc3cccnc3)C4)C2=O)o1. The average molecular weight is 388 g/mol. The van der Waals surface area contributed by atoms with Gasteiger partial charge in [-0.1, -0.05) is 6.07 Å². The highest BCUT2D eigenvalue weighted by Gasteiger charge is 2.33. The second-order valence-corrected chi connectivity index (χ2v) is 7.38. The van der Waals surface area contributed by atoms with Gasteiger partial charge in [0, 0.05) is 42.7 Å². The molecule has 0 unspecified atom stereocenters. The third kappa shape index (κ3) is 3.21. The zero-order valence-corrected chi connectivity index (χ0v) is 16.3. The fraction of sp³-hybridized carbons (Fsp3) is 0.217. The van der Waals surface area contributed by atoms with Gasteiger partial charge in [-0.25, -0.2) is 0 Å². The summed E-state index contributed by atoms with van der Waals surface area (Å²) in [5.41, 5.74) is 3.53. The lowest BCUT2D eigenvalue weighted by molar-refractivity contribution is 0.0876. The van der Waals surface area contributed by atoms with Crippen LogP contribution < -0.4 is 9.47 Å². The zero-order valence-electron chi connectivity index (χ0n) is 16.3. The number of nitrogens with zero attached hydrogens (tertiary/aromatic N) is 2. The molecule has 0 radical (unpaired) electrons. The number of hydrogen-bond acceptors (Lipinski definition) is 6. The first-order chi connectivity index (χ1) is 14.1. The summed E-state index contributed by atoms with van der Waals surface area (Å²) in [7, 11) is 0. The Morgan fingerprint density at radius 2 is 2.10 bits per heavy atom. The van der Waals surface area contributed by atoms with Crippen molar-refractivity contribution in [3.8, 4) is 11.5 Å². The molecule has 2 aliphatic heterocycles. The second-order valence-electron chi connectivity index (χ2n) is 7.38. The minimum atomic E-state index is -0.135. The lowest BCUT2D eigenvalue weighted by Crippen LogP contribution is -2.32. The number of carbonyl (C=O) groups is 1. The Hall–Kier alpha value is -3.38. The zero-order chi connectivity index (χ0) is 20.0. The molecule has 146 valence electrons. The molecule has 0 saturated heterocycles. The molecule has 0 aliphatic carbocycles. The van der Waals surface area contributed by atoms with Crippen molar-refractivity contribution in [3.05, 3.63) is 82.3 Å². The quantitative estimate of drug-likeness (QED) is 0.625. The maximum atomic E-state index is 12.9. The molecule has 2 aliphatic rings. The van der Waals surface area contributed by atoms with Crippen LogP contribution in [0.3, 0.4) is 0 Å². The van der Waals surface area contributed by atoms with Gasteiger partial charge in [-0.15, -0.1) is 0 Å². The molecule has 3 aromatic rings. The predicted octanol–water partition coefficient (Wildman–Crippen LogP) is 4.26. The molecule has 2 aromatic heterocycles. The molecule has 1 aromatic carbocycles. The summed E-state index contributed by atoms with van der Waals surface area (Å²) in [6.45, 7) is 5.70. The van der Waals surface area contributed by atoms with Crippen molar-refractivity contribution in [2.75, 3.05) is 6.73 Å². The summed E-state index contributed by atoms with van der Waals surface area (Å²) in [5.74, 6) is 2.89. The van der Waals surface area contributed by atoms with E-state index in [2.05, 4.69) is 9.88 Å². The second kappa shape index (κ2) is 6.90. The van der Waals surface area contributed by atoms with Crippen molar-refractivity contribution in [1.29, 1.82) is 0 Å². The number of Topliss-reactive ketones (excluding diaryl/α,β-unsaturated/α-hetero) is 1. The molecule has 6 heteroatoms. The minimum Gasteiger partial charge on any atom is -0.477 e. The number of aryl methyl sites for hydroxylation is 1. The van der Waals surface area contributed by atoms with Crippen molar-refractivity contribution < 1.29 is 18.7 Å². The molecule has 0 N–H and O–H groups in total. The van der Waals surface area contributed by atoms with Gasteiger partial charge in [0.15, 0.2) is 5.76 Å². The van der Waals surface area contributed by atoms with Gasteiger partial charge in [-0.2, -0.15) is 0 Å². The summed E-state index contributed by atoms with van der Waals surface area (Å²) < 4.78 is 17.5. The molecule has 0 spiro atoms. The van der Waals surface area contributed by atoms with Gasteiger partial charge in [0.2, 0.25) is 5.78 Å². The van der Waals surface area contributed by atoms with Crippen LogP contribution in [0.1, 0.15) is 38.6 Å². The van der Waals surface area contributed by atoms with Gasteiger partial charge in [0.1, 0.15) is 29.8 Å². The Balaban J connectivity index is 1.43. The van der Waals surface area contributed by atoms with Gasteiger partial charge < -0.3 is 13.9 Å². The third-order valence-electron chi connectivity index (χ3n) is 5.17. The number of fused-ring (bicyclic) bond motifs is 2. The van der Waals surface area contributed by atoms with Crippen molar-refractivity contribution in [1.82, 2.24) is 9.88 Å². The minimum absolute atomic E-state index is 0.135. The molecule has 4 heterocycles. The number of ketones is 1. The first-order valence-corrected chi connectivity index (χ1v) is 9.50. The number of pyridine rings is 1. The van der Waals surface area contributed by atoms with Gasteiger partial charge in [-0.3, -0.25) is 14.7 Å². The molecular formula is C23H20N2O4. The summed E-state index contributed by atoms with van der Waals surface area (Å²) >= 11 is 0. The van der Waals surface area contributed by atoms with Crippen LogP contribution in [-0.2, 0) is 13.1 Å². The molecule has 6 nitrogen and oxygen atoms in total. The van der Waals surface area contributed by atoms with E-state index >= 15 is 0 Å². The Labute approximate surface area is 168 Å². The number of furan rings is 1. The van der Waals surface area contributed by atoms with Crippen LogP contribution >= 0.6 is 0 Å². The summed E-state index contributed by atoms with van der Waals surface area (Å²) in [5, 5.41) is 0. The molecular weight excluding hydrogens is 368 g/mol. The van der Waals surface area contributed by atoms with E-state index in [1.807, 2.05) is 50.4 Å². The summed E-state index contributed by atoms with van der Waals surface area (Å²) in [6, 6.07) is 9.53. The lowest BCUT2D eigenvalue weighted by atomic mass is 10.00. The third-order valence-corrected chi connectivity index (χ3v) is 5.17. The van der Waals surface area contributed by atoms with Gasteiger partial charge in [0.25, 0.3) is 0 Å². The topological polar surface area (TPSA) is 64.8 Å². The van der Waals surface area contributed by atoms with Crippen LogP contribution in [0, 0.1) is 13.8 Å². The van der Waals surface area contributed by atoms with Crippen molar-refractivity contribution in [2.45, 2.75) is 26.9 Å². The molecule has 0 atom stereocenters. The Morgan fingerprint density at radius 3 is 2.86 bits per heavy atom. The van der Waals surface area contributed by atoms with Crippen molar-refractivity contribution >= 4 is 11.9 Å². The monoisotopic (exact) mass is 388 g/mol. The smallest absolute Gasteiger partial charge is 0.232 e. The highest BCUT2D eigenvalue weighted by molar-refractivity contribution is 6.15. The average Bonchev–Trinajstić information content (AvgIpc) is 3.27. The Kier molecular flexibility index (Phi) is 4.21. The van der Waals surface area contributed by atoms with E-state index in [0.29, 0.717) is 30.3 Å². The highest BCUT2D eigenvalue weighted by Crippen LogP contribution is 2.43. The van der Waals surface area contributed by atoms with Crippen molar-refractivity contribution in [2.24, 2.45) is 0 Å². The standard InChI is InChI=1S/C23H20N2O4/c1-14-5-6-18(28-14)9-20-21(26)19-8-17-12-25(11-16-4-3-7-24-10-16)13-27-22(17)15(2)23(19)29-20/h3-10H,11-13H2,1-2H3/b20-9-. The van der Waals surface area contributed by atoms with E-state index in [-0.39, 0.29) is 11.5 Å². The maximum Gasteiger partial charge on any atom is 0.232 e. The Morgan fingerprint density at radius 1 is 1.21 bits per heavy atom. The van der Waals surface area contributed by atoms with Crippen LogP contribution in [-0.4, -0.2) is 22.4 Å². The molecule has 0 amide bonds. The predicted molar refractivity (Wildman–Crippen MR) is 107 cm³/mol. The van der Waals surface area contributed by atoms with Gasteiger partial charge >= 0.3 is 0 Å². The molecule has 29 heavy (non-hydrogen) atoms. The number of benzene rings is 1. The van der Waals surface area contributed by atoms with E-state index in [4.69, 9.17) is 13.9 Å². The van der Waals surface area contributed by atoms with E-state index in [1.165, 1.54) is 0 Å². The number of aromatic nitrogens is 1. The molecule has 0 fully saturated rings. The van der Waals surface area contributed by atoms with Crippen molar-refractivity contribution in [3.63, 3.8) is 0 Å². The molecule has 5 rings (SSSR count). The maximum absolute atomic E-state index is 12.9. The molecule has 0 saturated carbocycles. The summed E-state index contributed by atoms with van der Waals surface area (Å²) in [6.07, 6.45) is 5.26. The fourth-order valence-electron chi connectivity index (χ4n) is 3.81. The highest BCUT2D eigenvalue weighted by atomic mass is 16.5. The lowest BCUT2D eigenvalue weighted by Gasteiger charge is -2.30. The fourth-order valence-corrected chi connectivity index (χ4v) is 3.81. The van der Waals surface area contributed by atoms with E-state index < -0.39 is 0 Å². The largest absolute Gasteiger partial charge is 0.477 e. The van der Waals surface area contributed by atoms with Crippen LogP contribution in [0.25, 0.3) is 6.08 Å². The first kappa shape index (κ1) is 17.7. The van der Waals surface area contributed by atoms with Crippen LogP contribution in [0.2, 0.25) is 0 Å². The number of ether oxygens (including phenoxy) is 2. The van der Waals surface area contributed by atoms with Crippen LogP contribution in [0.15, 0.2) is 52.9 Å². The number of allylic oxidation sites excluding steroid dienone is 1.